The fourth-order valence-electron chi connectivity index (χ4n) is 2.61. The molecule has 0 N–H and O–H groups in total. The molecule has 0 aliphatic rings. The molecule has 0 saturated carbocycles. The smallest absolute Gasteiger partial charge is 0.338 e. The van der Waals surface area contributed by atoms with Gasteiger partial charge in [0, 0.05) is 11.1 Å². The van der Waals surface area contributed by atoms with Crippen LogP contribution < -0.4 is 18.9 Å². The van der Waals surface area contributed by atoms with Gasteiger partial charge in [-0.15, -0.1) is 0 Å². The molecule has 0 bridgehead atoms. The molecule has 0 spiro atoms. The summed E-state index contributed by atoms with van der Waals surface area (Å²) >= 11 is 0. The van der Waals surface area contributed by atoms with Crippen molar-refractivity contribution in [3.8, 4) is 34.1 Å². The lowest BCUT2D eigenvalue weighted by atomic mass is 10.0. The molecule has 0 amide bonds. The normalized spacial score (nSPS) is 10.8. The number of carbonyl (C=O) groups is 2. The van der Waals surface area contributed by atoms with E-state index in [9.17, 15) is 9.59 Å². The van der Waals surface area contributed by atoms with Gasteiger partial charge in [-0.05, 0) is 63.1 Å². The molecular formula is C28H30O6. The number of ether oxygens (including phenoxy) is 4. The Morgan fingerprint density at radius 2 is 1.15 bits per heavy atom. The van der Waals surface area contributed by atoms with Crippen molar-refractivity contribution in [1.82, 2.24) is 0 Å². The summed E-state index contributed by atoms with van der Waals surface area (Å²) in [6, 6.07) is 10.5. The molecule has 2 rings (SSSR count). The van der Waals surface area contributed by atoms with Gasteiger partial charge in [0.05, 0.1) is 0 Å². The van der Waals surface area contributed by atoms with Gasteiger partial charge in [0.15, 0.2) is 23.0 Å². The standard InChI is InChI=1S/C28H30O6/c1-7-9-15-31-23-13-11-21(17-25(23)32-16-10-8-2)22-12-14-24(33-27(29)19(3)4)26(18-22)34-28(30)20(5)6/h7-14,17-18H,3,5,15-16H2,1-2,4,6H3/b9-7+,10-8+. The Kier molecular flexibility index (Phi) is 9.90. The van der Waals surface area contributed by atoms with Crippen molar-refractivity contribution in [2.24, 2.45) is 0 Å². The van der Waals surface area contributed by atoms with Crippen molar-refractivity contribution < 1.29 is 28.5 Å². The van der Waals surface area contributed by atoms with Gasteiger partial charge >= 0.3 is 11.9 Å². The van der Waals surface area contributed by atoms with Crippen LogP contribution in [0.2, 0.25) is 0 Å². The van der Waals surface area contributed by atoms with Crippen LogP contribution in [0.4, 0.5) is 0 Å². The van der Waals surface area contributed by atoms with Crippen molar-refractivity contribution in [2.75, 3.05) is 13.2 Å². The number of hydrogen-bond donors (Lipinski definition) is 0. The zero-order chi connectivity index (χ0) is 25.1. The number of rotatable bonds is 11. The maximum Gasteiger partial charge on any atom is 0.338 e. The van der Waals surface area contributed by atoms with Crippen LogP contribution in [-0.2, 0) is 9.59 Å². The molecular weight excluding hydrogens is 432 g/mol. The highest BCUT2D eigenvalue weighted by atomic mass is 16.6. The quantitative estimate of drug-likeness (QED) is 0.171. The molecule has 0 heterocycles. The second kappa shape index (κ2) is 12.8. The van der Waals surface area contributed by atoms with Gasteiger partial charge in [-0.2, -0.15) is 0 Å². The molecule has 0 aromatic heterocycles. The van der Waals surface area contributed by atoms with E-state index in [1.54, 1.807) is 18.2 Å². The first-order chi connectivity index (χ1) is 16.3. The Balaban J connectivity index is 2.47. The highest BCUT2D eigenvalue weighted by Gasteiger charge is 2.17. The van der Waals surface area contributed by atoms with E-state index in [1.807, 2.05) is 56.4 Å². The first-order valence-electron chi connectivity index (χ1n) is 10.8. The third-order valence-electron chi connectivity index (χ3n) is 4.46. The highest BCUT2D eigenvalue weighted by Crippen LogP contribution is 2.37. The van der Waals surface area contributed by atoms with Gasteiger partial charge in [-0.3, -0.25) is 0 Å². The molecule has 0 aliphatic carbocycles. The third kappa shape index (κ3) is 7.52. The molecule has 6 heteroatoms. The summed E-state index contributed by atoms with van der Waals surface area (Å²) < 4.78 is 22.5. The fourth-order valence-corrected chi connectivity index (χ4v) is 2.61. The van der Waals surface area contributed by atoms with Gasteiger partial charge in [0.1, 0.15) is 13.2 Å². The summed E-state index contributed by atoms with van der Waals surface area (Å²) in [4.78, 5) is 24.2. The van der Waals surface area contributed by atoms with E-state index in [1.165, 1.54) is 13.8 Å². The van der Waals surface area contributed by atoms with Crippen LogP contribution in [0, 0.1) is 0 Å². The van der Waals surface area contributed by atoms with Crippen LogP contribution in [0.3, 0.4) is 0 Å². The zero-order valence-corrected chi connectivity index (χ0v) is 20.1. The molecule has 0 unspecified atom stereocenters. The molecule has 0 aliphatic heterocycles. The van der Waals surface area contributed by atoms with Gasteiger partial charge in [0.25, 0.3) is 0 Å². The first-order valence-corrected chi connectivity index (χ1v) is 10.8. The van der Waals surface area contributed by atoms with E-state index in [0.717, 1.165) is 11.1 Å². The predicted octanol–water partition coefficient (Wildman–Crippen LogP) is 6.23. The lowest BCUT2D eigenvalue weighted by Crippen LogP contribution is -2.12. The van der Waals surface area contributed by atoms with Gasteiger partial charge < -0.3 is 18.9 Å². The second-order valence-electron chi connectivity index (χ2n) is 7.42. The summed E-state index contributed by atoms with van der Waals surface area (Å²) in [5, 5.41) is 0. The predicted molar refractivity (Wildman–Crippen MR) is 133 cm³/mol. The Bertz CT molecular complexity index is 1120. The molecule has 0 saturated heterocycles. The van der Waals surface area contributed by atoms with Gasteiger partial charge in [0.2, 0.25) is 0 Å². The highest BCUT2D eigenvalue weighted by molar-refractivity contribution is 5.91. The minimum atomic E-state index is -0.632. The fraction of sp³-hybridized carbons (Fsp3) is 0.214. The Morgan fingerprint density at radius 1 is 0.706 bits per heavy atom. The number of hydrogen-bond acceptors (Lipinski definition) is 6. The van der Waals surface area contributed by atoms with E-state index in [2.05, 4.69) is 13.2 Å². The minimum absolute atomic E-state index is 0.0879. The van der Waals surface area contributed by atoms with Crippen molar-refractivity contribution in [1.29, 1.82) is 0 Å². The molecule has 2 aromatic rings. The summed E-state index contributed by atoms with van der Waals surface area (Å²) in [6.07, 6.45) is 7.60. The molecule has 0 atom stereocenters. The number of allylic oxidation sites excluding steroid dienone is 2. The van der Waals surface area contributed by atoms with E-state index in [-0.39, 0.29) is 22.6 Å². The first kappa shape index (κ1) is 26.2. The average Bonchev–Trinajstić information content (AvgIpc) is 2.81. The van der Waals surface area contributed by atoms with E-state index < -0.39 is 11.9 Å². The molecule has 178 valence electrons. The van der Waals surface area contributed by atoms with Gasteiger partial charge in [-0.25, -0.2) is 9.59 Å². The van der Waals surface area contributed by atoms with Crippen LogP contribution in [0.25, 0.3) is 11.1 Å². The maximum absolute atomic E-state index is 12.2. The number of esters is 2. The monoisotopic (exact) mass is 462 g/mol. The van der Waals surface area contributed by atoms with Crippen molar-refractivity contribution in [3.05, 3.63) is 85.0 Å². The molecule has 0 radical (unpaired) electrons. The van der Waals surface area contributed by atoms with E-state index in [0.29, 0.717) is 24.7 Å². The van der Waals surface area contributed by atoms with Crippen molar-refractivity contribution in [2.45, 2.75) is 27.7 Å². The molecule has 0 fully saturated rings. The Hall–Kier alpha value is -4.06. The van der Waals surface area contributed by atoms with Crippen molar-refractivity contribution in [3.63, 3.8) is 0 Å². The van der Waals surface area contributed by atoms with Crippen LogP contribution in [0.15, 0.2) is 85.0 Å². The Labute approximate surface area is 200 Å². The Morgan fingerprint density at radius 3 is 1.65 bits per heavy atom. The lowest BCUT2D eigenvalue weighted by molar-refractivity contribution is -0.132. The zero-order valence-electron chi connectivity index (χ0n) is 20.1. The molecule has 6 nitrogen and oxygen atoms in total. The minimum Gasteiger partial charge on any atom is -0.486 e. The van der Waals surface area contributed by atoms with E-state index >= 15 is 0 Å². The number of benzene rings is 2. The topological polar surface area (TPSA) is 71.1 Å². The summed E-state index contributed by atoms with van der Waals surface area (Å²) in [7, 11) is 0. The van der Waals surface area contributed by atoms with Crippen molar-refractivity contribution >= 4 is 11.9 Å². The summed E-state index contributed by atoms with van der Waals surface area (Å²) in [5.41, 5.74) is 1.94. The number of carbonyl (C=O) groups excluding carboxylic acids is 2. The average molecular weight is 463 g/mol. The second-order valence-corrected chi connectivity index (χ2v) is 7.42. The molecule has 2 aromatic carbocycles. The van der Waals surface area contributed by atoms with Crippen LogP contribution in [0.1, 0.15) is 27.7 Å². The van der Waals surface area contributed by atoms with Gasteiger partial charge in [-0.1, -0.05) is 49.6 Å². The summed E-state index contributed by atoms with van der Waals surface area (Å²) in [5.74, 6) is 0.105. The largest absolute Gasteiger partial charge is 0.486 e. The lowest BCUT2D eigenvalue weighted by Gasteiger charge is -2.15. The van der Waals surface area contributed by atoms with Crippen LogP contribution in [-0.4, -0.2) is 25.2 Å². The maximum atomic E-state index is 12.2. The van der Waals surface area contributed by atoms with Crippen LogP contribution in [0.5, 0.6) is 23.0 Å². The third-order valence-corrected chi connectivity index (χ3v) is 4.46. The molecule has 34 heavy (non-hydrogen) atoms. The van der Waals surface area contributed by atoms with E-state index in [4.69, 9.17) is 18.9 Å². The SMILES string of the molecule is C=C(C)C(=O)Oc1ccc(-c2ccc(OC/C=C/C)c(OC/C=C/C)c2)cc1OC(=O)C(=C)C. The van der Waals surface area contributed by atoms with Crippen LogP contribution >= 0.6 is 0 Å². The summed E-state index contributed by atoms with van der Waals surface area (Å²) in [6.45, 7) is 14.9.